The third-order valence-corrected chi connectivity index (χ3v) is 5.03. The molecule has 0 saturated carbocycles. The zero-order valence-electron chi connectivity index (χ0n) is 14.1. The molecule has 1 amide bonds. The molecule has 128 valence electrons. The number of benzene rings is 2. The number of amides is 1. The highest BCUT2D eigenvalue weighted by molar-refractivity contribution is 7.99. The molecule has 0 spiro atoms. The van der Waals surface area contributed by atoms with Crippen molar-refractivity contribution in [2.45, 2.75) is 37.5 Å². The largest absolute Gasteiger partial charge is 0.356 e. The highest BCUT2D eigenvalue weighted by atomic mass is 35.5. The molecule has 2 rings (SSSR count). The number of thioether (sulfide) groups is 1. The van der Waals surface area contributed by atoms with E-state index < -0.39 is 0 Å². The van der Waals surface area contributed by atoms with Gasteiger partial charge in [0, 0.05) is 22.9 Å². The first-order chi connectivity index (χ1) is 11.6. The van der Waals surface area contributed by atoms with Crippen LogP contribution in [0, 0.1) is 6.92 Å². The van der Waals surface area contributed by atoms with Crippen LogP contribution in [0.2, 0.25) is 5.02 Å². The molecule has 0 saturated heterocycles. The van der Waals surface area contributed by atoms with Crippen molar-refractivity contribution < 1.29 is 4.79 Å². The minimum absolute atomic E-state index is 0.149. The van der Waals surface area contributed by atoms with E-state index in [-0.39, 0.29) is 5.91 Å². The van der Waals surface area contributed by atoms with Gasteiger partial charge in [-0.1, -0.05) is 41.4 Å². The van der Waals surface area contributed by atoms with Gasteiger partial charge in [0.2, 0.25) is 5.91 Å². The van der Waals surface area contributed by atoms with E-state index >= 15 is 0 Å². The average molecular weight is 362 g/mol. The number of carbonyl (C=O) groups is 1. The van der Waals surface area contributed by atoms with Gasteiger partial charge in [0.25, 0.3) is 0 Å². The molecule has 2 aromatic carbocycles. The second-order valence-electron chi connectivity index (χ2n) is 5.85. The Bertz CT molecular complexity index is 642. The highest BCUT2D eigenvalue weighted by Gasteiger charge is 2.02. The van der Waals surface area contributed by atoms with Gasteiger partial charge < -0.3 is 5.32 Å². The summed E-state index contributed by atoms with van der Waals surface area (Å²) in [6.45, 7) is 2.85. The topological polar surface area (TPSA) is 29.1 Å². The first-order valence-corrected chi connectivity index (χ1v) is 9.70. The standard InChI is InChI=1S/C20H24ClNOS/c1-16-5-2-6-17(15-16)7-3-13-22-20(23)8-4-14-24-19-11-9-18(21)10-12-19/h2,5-6,9-12,15H,3-4,7-8,13-14H2,1H3,(H,22,23). The summed E-state index contributed by atoms with van der Waals surface area (Å²) in [5.41, 5.74) is 2.62. The van der Waals surface area contributed by atoms with Gasteiger partial charge in [-0.15, -0.1) is 11.8 Å². The van der Waals surface area contributed by atoms with Gasteiger partial charge in [0.05, 0.1) is 0 Å². The van der Waals surface area contributed by atoms with Crippen LogP contribution in [-0.4, -0.2) is 18.2 Å². The Hall–Kier alpha value is -1.45. The van der Waals surface area contributed by atoms with Crippen LogP contribution in [0.4, 0.5) is 0 Å². The summed E-state index contributed by atoms with van der Waals surface area (Å²) in [4.78, 5) is 13.0. The zero-order valence-corrected chi connectivity index (χ0v) is 15.6. The summed E-state index contributed by atoms with van der Waals surface area (Å²) < 4.78 is 0. The monoisotopic (exact) mass is 361 g/mol. The van der Waals surface area contributed by atoms with Crippen LogP contribution >= 0.6 is 23.4 Å². The van der Waals surface area contributed by atoms with Gasteiger partial charge in [-0.2, -0.15) is 0 Å². The van der Waals surface area contributed by atoms with Crippen molar-refractivity contribution in [2.24, 2.45) is 0 Å². The summed E-state index contributed by atoms with van der Waals surface area (Å²) in [6.07, 6.45) is 3.46. The normalized spacial score (nSPS) is 10.6. The van der Waals surface area contributed by atoms with E-state index in [1.165, 1.54) is 16.0 Å². The first-order valence-electron chi connectivity index (χ1n) is 8.34. The van der Waals surface area contributed by atoms with Gasteiger partial charge in [-0.3, -0.25) is 4.79 Å². The average Bonchev–Trinajstić information content (AvgIpc) is 2.57. The molecule has 0 fully saturated rings. The predicted molar refractivity (Wildman–Crippen MR) is 104 cm³/mol. The quantitative estimate of drug-likeness (QED) is 0.487. The van der Waals surface area contributed by atoms with Crippen molar-refractivity contribution >= 4 is 29.3 Å². The number of hydrogen-bond acceptors (Lipinski definition) is 2. The van der Waals surface area contributed by atoms with Gasteiger partial charge in [-0.05, 0) is 61.8 Å². The molecule has 1 N–H and O–H groups in total. The molecule has 2 aromatic rings. The van der Waals surface area contributed by atoms with Gasteiger partial charge >= 0.3 is 0 Å². The lowest BCUT2D eigenvalue weighted by molar-refractivity contribution is -0.121. The van der Waals surface area contributed by atoms with Crippen LogP contribution < -0.4 is 5.32 Å². The second-order valence-corrected chi connectivity index (χ2v) is 7.45. The third-order valence-electron chi connectivity index (χ3n) is 3.68. The fourth-order valence-electron chi connectivity index (χ4n) is 2.43. The molecule has 0 aliphatic heterocycles. The maximum Gasteiger partial charge on any atom is 0.220 e. The Labute approximate surface area is 154 Å². The summed E-state index contributed by atoms with van der Waals surface area (Å²) in [5.74, 6) is 1.09. The minimum Gasteiger partial charge on any atom is -0.356 e. The Kier molecular flexibility index (Phi) is 8.20. The lowest BCUT2D eigenvalue weighted by Crippen LogP contribution is -2.24. The molecule has 0 heterocycles. The Morgan fingerprint density at radius 3 is 2.67 bits per heavy atom. The van der Waals surface area contributed by atoms with Crippen LogP contribution in [0.1, 0.15) is 30.4 Å². The van der Waals surface area contributed by atoms with Crippen molar-refractivity contribution in [1.82, 2.24) is 5.32 Å². The van der Waals surface area contributed by atoms with Gasteiger partial charge in [0.15, 0.2) is 0 Å². The molecular formula is C20H24ClNOS. The van der Waals surface area contributed by atoms with Gasteiger partial charge in [0.1, 0.15) is 0 Å². The number of aryl methyl sites for hydroxylation is 2. The van der Waals surface area contributed by atoms with Crippen molar-refractivity contribution in [3.63, 3.8) is 0 Å². The molecule has 0 aliphatic rings. The molecule has 4 heteroatoms. The molecule has 24 heavy (non-hydrogen) atoms. The molecule has 0 radical (unpaired) electrons. The summed E-state index contributed by atoms with van der Waals surface area (Å²) in [6, 6.07) is 16.3. The minimum atomic E-state index is 0.149. The summed E-state index contributed by atoms with van der Waals surface area (Å²) in [5, 5.41) is 3.76. The van der Waals surface area contributed by atoms with E-state index in [0.29, 0.717) is 6.42 Å². The van der Waals surface area contributed by atoms with E-state index in [0.717, 1.165) is 36.6 Å². The van der Waals surface area contributed by atoms with Crippen LogP contribution in [0.15, 0.2) is 53.4 Å². The van der Waals surface area contributed by atoms with Crippen molar-refractivity contribution in [3.05, 3.63) is 64.7 Å². The van der Waals surface area contributed by atoms with Gasteiger partial charge in [-0.25, -0.2) is 0 Å². The number of carbonyl (C=O) groups excluding carboxylic acids is 1. The fraction of sp³-hybridized carbons (Fsp3) is 0.350. The van der Waals surface area contributed by atoms with E-state index in [1.807, 2.05) is 24.3 Å². The smallest absolute Gasteiger partial charge is 0.220 e. The lowest BCUT2D eigenvalue weighted by atomic mass is 10.1. The van der Waals surface area contributed by atoms with Crippen LogP contribution in [0.3, 0.4) is 0 Å². The molecule has 0 aromatic heterocycles. The maximum atomic E-state index is 11.8. The predicted octanol–water partition coefficient (Wildman–Crippen LogP) is 5.27. The second kappa shape index (κ2) is 10.4. The van der Waals surface area contributed by atoms with E-state index in [4.69, 9.17) is 11.6 Å². The number of rotatable bonds is 9. The molecule has 0 aliphatic carbocycles. The number of hydrogen-bond donors (Lipinski definition) is 1. The van der Waals surface area contributed by atoms with Crippen molar-refractivity contribution in [1.29, 1.82) is 0 Å². The number of nitrogens with one attached hydrogen (secondary N) is 1. The summed E-state index contributed by atoms with van der Waals surface area (Å²) >= 11 is 7.62. The molecule has 2 nitrogen and oxygen atoms in total. The molecule has 0 unspecified atom stereocenters. The summed E-state index contributed by atoms with van der Waals surface area (Å²) in [7, 11) is 0. The fourth-order valence-corrected chi connectivity index (χ4v) is 3.41. The number of halogens is 1. The molecular weight excluding hydrogens is 338 g/mol. The molecule has 0 atom stereocenters. The SMILES string of the molecule is Cc1cccc(CCCNC(=O)CCCSc2ccc(Cl)cc2)c1. The Balaban J connectivity index is 1.53. The van der Waals surface area contributed by atoms with E-state index in [9.17, 15) is 4.79 Å². The van der Waals surface area contributed by atoms with E-state index in [1.54, 1.807) is 11.8 Å². The highest BCUT2D eigenvalue weighted by Crippen LogP contribution is 2.21. The van der Waals surface area contributed by atoms with E-state index in [2.05, 4.69) is 36.5 Å². The Morgan fingerprint density at radius 1 is 1.12 bits per heavy atom. The third kappa shape index (κ3) is 7.41. The van der Waals surface area contributed by atoms with Crippen LogP contribution in [-0.2, 0) is 11.2 Å². The Morgan fingerprint density at radius 2 is 1.92 bits per heavy atom. The van der Waals surface area contributed by atoms with Crippen LogP contribution in [0.5, 0.6) is 0 Å². The first kappa shape index (κ1) is 18.9. The molecule has 0 bridgehead atoms. The van der Waals surface area contributed by atoms with Crippen molar-refractivity contribution in [3.8, 4) is 0 Å². The van der Waals surface area contributed by atoms with Crippen molar-refractivity contribution in [2.75, 3.05) is 12.3 Å². The zero-order chi connectivity index (χ0) is 17.2. The maximum absolute atomic E-state index is 11.8. The van der Waals surface area contributed by atoms with Crippen LogP contribution in [0.25, 0.3) is 0 Å². The lowest BCUT2D eigenvalue weighted by Gasteiger charge is -2.06.